The number of carbonyl (C=O) groups is 2. The van der Waals surface area contributed by atoms with Gasteiger partial charge in [-0.3, -0.25) is 4.79 Å². The molecule has 2 atom stereocenters. The highest BCUT2D eigenvalue weighted by Gasteiger charge is 2.26. The Balaban J connectivity index is 1.91. The molecule has 1 N–H and O–H groups in total. The van der Waals surface area contributed by atoms with E-state index in [2.05, 4.69) is 10.3 Å². The van der Waals surface area contributed by atoms with Crippen molar-refractivity contribution in [3.8, 4) is 16.3 Å². The second kappa shape index (κ2) is 9.33. The number of ether oxygens (including phenoxy) is 2. The van der Waals surface area contributed by atoms with Crippen LogP contribution in [0.1, 0.15) is 26.0 Å². The molecular formula is C19H24N2O4S. The normalized spacial score (nSPS) is 12.9. The molecule has 0 saturated carbocycles. The number of nitrogens with zero attached hydrogens (tertiary/aromatic N) is 1. The molecule has 0 aliphatic carbocycles. The first-order valence-corrected chi connectivity index (χ1v) is 9.35. The molecule has 140 valence electrons. The predicted molar refractivity (Wildman–Crippen MR) is 101 cm³/mol. The highest BCUT2D eigenvalue weighted by molar-refractivity contribution is 7.13. The van der Waals surface area contributed by atoms with Crippen molar-refractivity contribution < 1.29 is 19.1 Å². The van der Waals surface area contributed by atoms with E-state index < -0.39 is 12.0 Å². The molecular weight excluding hydrogens is 352 g/mol. The van der Waals surface area contributed by atoms with Crippen molar-refractivity contribution in [1.82, 2.24) is 10.3 Å². The van der Waals surface area contributed by atoms with Crippen molar-refractivity contribution >= 4 is 23.2 Å². The molecule has 0 radical (unpaired) electrons. The van der Waals surface area contributed by atoms with Crippen molar-refractivity contribution in [2.24, 2.45) is 5.92 Å². The number of hydrogen-bond acceptors (Lipinski definition) is 6. The zero-order valence-electron chi connectivity index (χ0n) is 15.4. The van der Waals surface area contributed by atoms with Crippen molar-refractivity contribution in [3.63, 3.8) is 0 Å². The maximum Gasteiger partial charge on any atom is 0.328 e. The van der Waals surface area contributed by atoms with E-state index in [0.717, 1.165) is 22.7 Å². The molecule has 0 aliphatic rings. The van der Waals surface area contributed by atoms with Crippen LogP contribution in [0.2, 0.25) is 0 Å². The molecule has 26 heavy (non-hydrogen) atoms. The number of aryl methyl sites for hydroxylation is 1. The summed E-state index contributed by atoms with van der Waals surface area (Å²) >= 11 is 1.58. The minimum absolute atomic E-state index is 0.0209. The number of benzene rings is 1. The summed E-state index contributed by atoms with van der Waals surface area (Å²) in [5.74, 6) is -0.251. The fourth-order valence-corrected chi connectivity index (χ4v) is 3.14. The molecule has 0 aliphatic heterocycles. The Morgan fingerprint density at radius 3 is 2.50 bits per heavy atom. The maximum absolute atomic E-state index is 12.1. The number of aromatic nitrogens is 1. The number of esters is 1. The minimum Gasteiger partial charge on any atom is -0.484 e. The molecule has 1 aromatic heterocycles. The average molecular weight is 376 g/mol. The Labute approximate surface area is 157 Å². The second-order valence-electron chi connectivity index (χ2n) is 6.06. The number of amides is 1. The van der Waals surface area contributed by atoms with Crippen LogP contribution in [0.15, 0.2) is 29.6 Å². The van der Waals surface area contributed by atoms with E-state index in [4.69, 9.17) is 9.47 Å². The van der Waals surface area contributed by atoms with Crippen LogP contribution in [-0.2, 0) is 14.3 Å². The van der Waals surface area contributed by atoms with Crippen molar-refractivity contribution in [1.29, 1.82) is 0 Å². The van der Waals surface area contributed by atoms with Crippen molar-refractivity contribution in [2.75, 3.05) is 13.7 Å². The second-order valence-corrected chi connectivity index (χ2v) is 6.92. The van der Waals surface area contributed by atoms with Crippen LogP contribution in [0.3, 0.4) is 0 Å². The smallest absolute Gasteiger partial charge is 0.328 e. The molecule has 6 nitrogen and oxygen atoms in total. The molecule has 0 bridgehead atoms. The van der Waals surface area contributed by atoms with Crippen molar-refractivity contribution in [2.45, 2.75) is 33.2 Å². The fraction of sp³-hybridized carbons (Fsp3) is 0.421. The van der Waals surface area contributed by atoms with E-state index in [9.17, 15) is 9.59 Å². The number of rotatable bonds is 8. The number of thiazole rings is 1. The van der Waals surface area contributed by atoms with Gasteiger partial charge >= 0.3 is 5.97 Å². The standard InChI is InChI=1S/C19H24N2O4S/c1-5-12(2)17(19(23)24-4)21-16(22)10-25-15-8-6-14(7-9-15)18-20-13(3)11-26-18/h6-9,11-12,17H,5,10H2,1-4H3,(H,21,22)/t12-,17-/m1/s1. The quantitative estimate of drug-likeness (QED) is 0.716. The number of carbonyl (C=O) groups excluding carboxylic acids is 2. The van der Waals surface area contributed by atoms with E-state index in [1.807, 2.05) is 38.3 Å². The summed E-state index contributed by atoms with van der Waals surface area (Å²) in [4.78, 5) is 28.4. The zero-order chi connectivity index (χ0) is 19.1. The molecule has 1 aromatic carbocycles. The Kier molecular flexibility index (Phi) is 7.15. The van der Waals surface area contributed by atoms with E-state index in [0.29, 0.717) is 5.75 Å². The molecule has 2 rings (SSSR count). The summed E-state index contributed by atoms with van der Waals surface area (Å²) in [6.07, 6.45) is 0.749. The number of nitrogens with one attached hydrogen (secondary N) is 1. The SMILES string of the molecule is CC[C@@H](C)[C@@H](NC(=O)COc1ccc(-c2nc(C)cs2)cc1)C(=O)OC. The Bertz CT molecular complexity index is 742. The van der Waals surface area contributed by atoms with Gasteiger partial charge in [-0.15, -0.1) is 11.3 Å². The van der Waals surface area contributed by atoms with Gasteiger partial charge in [0.25, 0.3) is 5.91 Å². The summed E-state index contributed by atoms with van der Waals surface area (Å²) in [7, 11) is 1.31. The Hall–Kier alpha value is -2.41. The zero-order valence-corrected chi connectivity index (χ0v) is 16.3. The van der Waals surface area contributed by atoms with E-state index in [1.54, 1.807) is 23.5 Å². The molecule has 7 heteroatoms. The third kappa shape index (κ3) is 5.29. The van der Waals surface area contributed by atoms with Gasteiger partial charge in [0.2, 0.25) is 0 Å². The van der Waals surface area contributed by atoms with Crippen LogP contribution < -0.4 is 10.1 Å². The lowest BCUT2D eigenvalue weighted by Crippen LogP contribution is -2.47. The van der Waals surface area contributed by atoms with Crippen LogP contribution in [0.25, 0.3) is 10.6 Å². The molecule has 0 saturated heterocycles. The lowest BCUT2D eigenvalue weighted by atomic mass is 9.99. The van der Waals surface area contributed by atoms with Crippen LogP contribution in [0, 0.1) is 12.8 Å². The maximum atomic E-state index is 12.1. The molecule has 2 aromatic rings. The monoisotopic (exact) mass is 376 g/mol. The lowest BCUT2D eigenvalue weighted by molar-refractivity contribution is -0.146. The molecule has 1 heterocycles. The van der Waals surface area contributed by atoms with Crippen molar-refractivity contribution in [3.05, 3.63) is 35.3 Å². The minimum atomic E-state index is -0.670. The van der Waals surface area contributed by atoms with E-state index >= 15 is 0 Å². The van der Waals surface area contributed by atoms with Crippen LogP contribution in [0.4, 0.5) is 0 Å². The molecule has 0 spiro atoms. The van der Waals surface area contributed by atoms with Crippen LogP contribution >= 0.6 is 11.3 Å². The summed E-state index contributed by atoms with van der Waals surface area (Å²) in [6.45, 7) is 5.63. The summed E-state index contributed by atoms with van der Waals surface area (Å²) in [5, 5.41) is 5.63. The third-order valence-electron chi connectivity index (χ3n) is 4.07. The van der Waals surface area contributed by atoms with Gasteiger partial charge < -0.3 is 14.8 Å². The molecule has 0 fully saturated rings. The van der Waals surface area contributed by atoms with E-state index in [-0.39, 0.29) is 18.4 Å². The third-order valence-corrected chi connectivity index (χ3v) is 5.08. The van der Waals surface area contributed by atoms with Gasteiger partial charge in [-0.1, -0.05) is 20.3 Å². The molecule has 0 unspecified atom stereocenters. The van der Waals surface area contributed by atoms with Gasteiger partial charge in [-0.25, -0.2) is 9.78 Å². The topological polar surface area (TPSA) is 77.5 Å². The Morgan fingerprint density at radius 1 is 1.27 bits per heavy atom. The first-order valence-electron chi connectivity index (χ1n) is 8.47. The van der Waals surface area contributed by atoms with Gasteiger partial charge in [-0.2, -0.15) is 0 Å². The summed E-state index contributed by atoms with van der Waals surface area (Å²) in [6, 6.07) is 6.73. The average Bonchev–Trinajstić information content (AvgIpc) is 3.10. The highest BCUT2D eigenvalue weighted by atomic mass is 32.1. The van der Waals surface area contributed by atoms with Crippen LogP contribution in [0.5, 0.6) is 5.75 Å². The van der Waals surface area contributed by atoms with Gasteiger partial charge in [0.1, 0.15) is 16.8 Å². The molecule has 1 amide bonds. The number of methoxy groups -OCH3 is 1. The fourth-order valence-electron chi connectivity index (χ4n) is 2.34. The summed E-state index contributed by atoms with van der Waals surface area (Å²) in [5.41, 5.74) is 1.99. The Morgan fingerprint density at radius 2 is 1.96 bits per heavy atom. The van der Waals surface area contributed by atoms with E-state index in [1.165, 1.54) is 7.11 Å². The highest BCUT2D eigenvalue weighted by Crippen LogP contribution is 2.25. The number of hydrogen-bond donors (Lipinski definition) is 1. The lowest BCUT2D eigenvalue weighted by Gasteiger charge is -2.21. The summed E-state index contributed by atoms with van der Waals surface area (Å²) < 4.78 is 10.3. The largest absolute Gasteiger partial charge is 0.484 e. The first-order chi connectivity index (χ1) is 12.4. The van der Waals surface area contributed by atoms with Gasteiger partial charge in [-0.05, 0) is 37.1 Å². The van der Waals surface area contributed by atoms with Gasteiger partial charge in [0, 0.05) is 16.6 Å². The van der Waals surface area contributed by atoms with Gasteiger partial charge in [0.15, 0.2) is 6.61 Å². The first kappa shape index (κ1) is 19.9. The van der Waals surface area contributed by atoms with Gasteiger partial charge in [0.05, 0.1) is 7.11 Å². The predicted octanol–water partition coefficient (Wildman–Crippen LogP) is 3.20. The van der Waals surface area contributed by atoms with Crippen LogP contribution in [-0.4, -0.2) is 36.6 Å².